The van der Waals surface area contributed by atoms with Crippen LogP contribution in [0.2, 0.25) is 0 Å². The Morgan fingerprint density at radius 2 is 1.72 bits per heavy atom. The first-order valence-corrected chi connectivity index (χ1v) is 8.23. The molecule has 0 aromatic heterocycles. The van der Waals surface area contributed by atoms with E-state index in [-0.39, 0.29) is 29.4 Å². The summed E-state index contributed by atoms with van der Waals surface area (Å²) in [7, 11) is 1.65. The van der Waals surface area contributed by atoms with Crippen molar-refractivity contribution in [2.24, 2.45) is 0 Å². The number of ketones is 1. The fraction of sp³-hybridized carbons (Fsp3) is 0.316. The fourth-order valence-electron chi connectivity index (χ4n) is 3.00. The van der Waals surface area contributed by atoms with Crippen molar-refractivity contribution in [2.75, 3.05) is 44.7 Å². The Hall–Kier alpha value is -2.73. The van der Waals surface area contributed by atoms with Gasteiger partial charge < -0.3 is 19.8 Å². The maximum Gasteiger partial charge on any atom is 0.180 e. The predicted octanol–water partition coefficient (Wildman–Crippen LogP) is 2.11. The van der Waals surface area contributed by atoms with E-state index in [2.05, 4.69) is 9.80 Å². The third-order valence-corrected chi connectivity index (χ3v) is 4.46. The topological polar surface area (TPSA) is 73.2 Å². The molecule has 1 aliphatic rings. The molecule has 3 rings (SSSR count). The highest BCUT2D eigenvalue weighted by molar-refractivity contribution is 6.00. The molecule has 1 heterocycles. The quantitative estimate of drug-likeness (QED) is 0.811. The van der Waals surface area contributed by atoms with Gasteiger partial charge in [-0.3, -0.25) is 9.69 Å². The SMILES string of the molecule is COc1ccc(N2CCN(CC(=O)c3ccc(O)cc3O)CC2)cc1. The number of methoxy groups -OCH3 is 1. The monoisotopic (exact) mass is 342 g/mol. The summed E-state index contributed by atoms with van der Waals surface area (Å²) in [4.78, 5) is 16.7. The first-order chi connectivity index (χ1) is 12.1. The first kappa shape index (κ1) is 17.1. The molecule has 6 heteroatoms. The maximum atomic E-state index is 12.4. The van der Waals surface area contributed by atoms with Crippen molar-refractivity contribution in [2.45, 2.75) is 0 Å². The number of carbonyl (C=O) groups excluding carboxylic acids is 1. The first-order valence-electron chi connectivity index (χ1n) is 8.23. The lowest BCUT2D eigenvalue weighted by atomic mass is 10.1. The summed E-state index contributed by atoms with van der Waals surface area (Å²) in [6.45, 7) is 3.48. The van der Waals surface area contributed by atoms with Crippen molar-refractivity contribution in [1.82, 2.24) is 4.90 Å². The minimum Gasteiger partial charge on any atom is -0.508 e. The van der Waals surface area contributed by atoms with Crippen LogP contribution in [-0.2, 0) is 0 Å². The average molecular weight is 342 g/mol. The van der Waals surface area contributed by atoms with Gasteiger partial charge in [-0.1, -0.05) is 0 Å². The van der Waals surface area contributed by atoms with E-state index in [1.54, 1.807) is 7.11 Å². The van der Waals surface area contributed by atoms with Crippen LogP contribution in [0.3, 0.4) is 0 Å². The van der Waals surface area contributed by atoms with E-state index in [1.165, 1.54) is 18.2 Å². The molecule has 0 saturated carbocycles. The van der Waals surface area contributed by atoms with Gasteiger partial charge in [0, 0.05) is 37.9 Å². The second kappa shape index (κ2) is 7.44. The van der Waals surface area contributed by atoms with E-state index in [4.69, 9.17) is 4.74 Å². The molecule has 0 bridgehead atoms. The molecule has 2 aromatic carbocycles. The standard InChI is InChI=1S/C19H22N2O4/c1-25-16-5-2-14(3-6-16)21-10-8-20(9-11-21)13-19(24)17-7-4-15(22)12-18(17)23/h2-7,12,22-23H,8-11,13H2,1H3. The van der Waals surface area contributed by atoms with E-state index in [9.17, 15) is 15.0 Å². The van der Waals surface area contributed by atoms with Crippen molar-refractivity contribution < 1.29 is 19.7 Å². The van der Waals surface area contributed by atoms with Gasteiger partial charge in [0.15, 0.2) is 5.78 Å². The minimum atomic E-state index is -0.179. The predicted molar refractivity (Wildman–Crippen MR) is 95.7 cm³/mol. The molecule has 1 aliphatic heterocycles. The van der Waals surface area contributed by atoms with Gasteiger partial charge in [-0.05, 0) is 36.4 Å². The van der Waals surface area contributed by atoms with Gasteiger partial charge in [-0.2, -0.15) is 0 Å². The number of aromatic hydroxyl groups is 2. The molecule has 0 radical (unpaired) electrons. The number of nitrogens with zero attached hydrogens (tertiary/aromatic N) is 2. The lowest BCUT2D eigenvalue weighted by Gasteiger charge is -2.35. The number of anilines is 1. The maximum absolute atomic E-state index is 12.4. The van der Waals surface area contributed by atoms with Gasteiger partial charge in [0.1, 0.15) is 17.2 Å². The number of benzene rings is 2. The number of Topliss-reactive ketones (excluding diaryl/α,β-unsaturated/α-hetero) is 1. The van der Waals surface area contributed by atoms with Crippen molar-refractivity contribution in [1.29, 1.82) is 0 Å². The summed E-state index contributed by atoms with van der Waals surface area (Å²) in [5, 5.41) is 19.1. The summed E-state index contributed by atoms with van der Waals surface area (Å²) in [5.74, 6) is 0.459. The average Bonchev–Trinajstić information content (AvgIpc) is 2.62. The molecule has 132 valence electrons. The number of hydrogen-bond acceptors (Lipinski definition) is 6. The third kappa shape index (κ3) is 4.03. The third-order valence-electron chi connectivity index (χ3n) is 4.46. The summed E-state index contributed by atoms with van der Waals surface area (Å²) in [6.07, 6.45) is 0. The molecule has 1 fully saturated rings. The van der Waals surface area contributed by atoms with Crippen LogP contribution >= 0.6 is 0 Å². The number of ether oxygens (including phenoxy) is 1. The van der Waals surface area contributed by atoms with Crippen molar-refractivity contribution >= 4 is 11.5 Å². The molecule has 0 aliphatic carbocycles. The summed E-state index contributed by atoms with van der Waals surface area (Å²) >= 11 is 0. The Bertz CT molecular complexity index is 738. The van der Waals surface area contributed by atoms with Gasteiger partial charge in [-0.15, -0.1) is 0 Å². The fourth-order valence-corrected chi connectivity index (χ4v) is 3.00. The molecule has 1 saturated heterocycles. The zero-order chi connectivity index (χ0) is 17.8. The molecule has 0 atom stereocenters. The molecule has 0 unspecified atom stereocenters. The van der Waals surface area contributed by atoms with Gasteiger partial charge in [-0.25, -0.2) is 0 Å². The summed E-state index contributed by atoms with van der Waals surface area (Å²) in [6, 6.07) is 12.0. The van der Waals surface area contributed by atoms with Crippen molar-refractivity contribution in [3.05, 3.63) is 48.0 Å². The molecule has 0 spiro atoms. The zero-order valence-electron chi connectivity index (χ0n) is 14.2. The highest BCUT2D eigenvalue weighted by Gasteiger charge is 2.21. The highest BCUT2D eigenvalue weighted by atomic mass is 16.5. The van der Waals surface area contributed by atoms with Crippen LogP contribution in [0.25, 0.3) is 0 Å². The van der Waals surface area contributed by atoms with E-state index in [0.29, 0.717) is 0 Å². The van der Waals surface area contributed by atoms with Gasteiger partial charge in [0.25, 0.3) is 0 Å². The number of hydrogen-bond donors (Lipinski definition) is 2. The number of carbonyl (C=O) groups is 1. The Morgan fingerprint density at radius 1 is 1.04 bits per heavy atom. The van der Waals surface area contributed by atoms with E-state index < -0.39 is 0 Å². The Balaban J connectivity index is 1.56. The lowest BCUT2D eigenvalue weighted by molar-refractivity contribution is 0.0923. The molecule has 2 aromatic rings. The van der Waals surface area contributed by atoms with Gasteiger partial charge in [0.05, 0.1) is 19.2 Å². The minimum absolute atomic E-state index is 0.0536. The number of phenolic OH excluding ortho intramolecular Hbond substituents is 2. The molecule has 6 nitrogen and oxygen atoms in total. The number of piperazine rings is 1. The van der Waals surface area contributed by atoms with Crippen LogP contribution in [-0.4, -0.2) is 60.7 Å². The number of phenols is 2. The van der Waals surface area contributed by atoms with E-state index >= 15 is 0 Å². The van der Waals surface area contributed by atoms with Crippen LogP contribution < -0.4 is 9.64 Å². The Labute approximate surface area is 146 Å². The summed E-state index contributed by atoms with van der Waals surface area (Å²) in [5.41, 5.74) is 1.39. The smallest absolute Gasteiger partial charge is 0.180 e. The van der Waals surface area contributed by atoms with Gasteiger partial charge in [0.2, 0.25) is 0 Å². The van der Waals surface area contributed by atoms with Crippen molar-refractivity contribution in [3.8, 4) is 17.2 Å². The number of rotatable bonds is 5. The Morgan fingerprint density at radius 3 is 2.32 bits per heavy atom. The molecular formula is C19H22N2O4. The van der Waals surface area contributed by atoms with Gasteiger partial charge >= 0.3 is 0 Å². The Kier molecular flexibility index (Phi) is 5.09. The second-order valence-corrected chi connectivity index (χ2v) is 6.09. The molecule has 25 heavy (non-hydrogen) atoms. The van der Waals surface area contributed by atoms with Crippen molar-refractivity contribution in [3.63, 3.8) is 0 Å². The van der Waals surface area contributed by atoms with Crippen LogP contribution in [0.4, 0.5) is 5.69 Å². The molecular weight excluding hydrogens is 320 g/mol. The van der Waals surface area contributed by atoms with E-state index in [1.807, 2.05) is 24.3 Å². The van der Waals surface area contributed by atoms with E-state index in [0.717, 1.165) is 37.6 Å². The normalized spacial score (nSPS) is 15.2. The van der Waals surface area contributed by atoms with Crippen LogP contribution in [0.5, 0.6) is 17.2 Å². The van der Waals surface area contributed by atoms with Crippen LogP contribution in [0.1, 0.15) is 10.4 Å². The second-order valence-electron chi connectivity index (χ2n) is 6.09. The zero-order valence-corrected chi connectivity index (χ0v) is 14.2. The summed E-state index contributed by atoms with van der Waals surface area (Å²) < 4.78 is 5.18. The molecule has 2 N–H and O–H groups in total. The lowest BCUT2D eigenvalue weighted by Crippen LogP contribution is -2.48. The highest BCUT2D eigenvalue weighted by Crippen LogP contribution is 2.24. The van der Waals surface area contributed by atoms with Crippen LogP contribution in [0, 0.1) is 0 Å². The largest absolute Gasteiger partial charge is 0.508 e. The molecule has 0 amide bonds. The van der Waals surface area contributed by atoms with Crippen LogP contribution in [0.15, 0.2) is 42.5 Å².